The highest BCUT2D eigenvalue weighted by atomic mass is 16.5. The highest BCUT2D eigenvalue weighted by Crippen LogP contribution is 2.36. The van der Waals surface area contributed by atoms with Gasteiger partial charge in [-0.25, -0.2) is 4.79 Å². The number of ether oxygens (including phenoxy) is 2. The molecule has 2 heterocycles. The summed E-state index contributed by atoms with van der Waals surface area (Å²) in [6, 6.07) is 21.6. The minimum Gasteiger partial charge on any atom is -0.490 e. The maximum absolute atomic E-state index is 13.3. The number of carbonyl (C=O) groups excluding carboxylic acids is 3. The van der Waals surface area contributed by atoms with Crippen LogP contribution in [-0.2, 0) is 10.3 Å². The van der Waals surface area contributed by atoms with Crippen LogP contribution in [0.15, 0.2) is 72.8 Å². The zero-order chi connectivity index (χ0) is 23.7. The predicted octanol–water partition coefficient (Wildman–Crippen LogP) is 4.16. The van der Waals surface area contributed by atoms with E-state index in [2.05, 4.69) is 5.32 Å². The number of benzene rings is 3. The number of hydrogen-bond acceptors (Lipinski definition) is 5. The van der Waals surface area contributed by atoms with Crippen molar-refractivity contribution in [3.8, 4) is 22.6 Å². The number of fused-ring (bicyclic) bond motifs is 1. The average molecular weight is 456 g/mol. The van der Waals surface area contributed by atoms with Gasteiger partial charge in [-0.15, -0.1) is 0 Å². The second-order valence-electron chi connectivity index (χ2n) is 8.52. The standard InChI is InChI=1S/C27H24N2O5/c1-27(21-12-13-23-24(16-21)34-15-5-14-33-23)25(31)29(26(32)28-27)17-22(30)20-10-8-19(9-11-20)18-6-3-2-4-7-18/h2-4,6-13,16H,5,14-15,17H2,1H3,(H,28,32). The fourth-order valence-electron chi connectivity index (χ4n) is 4.22. The van der Waals surface area contributed by atoms with Gasteiger partial charge in [0.05, 0.1) is 19.8 Å². The molecule has 1 N–H and O–H groups in total. The van der Waals surface area contributed by atoms with Crippen molar-refractivity contribution < 1.29 is 23.9 Å². The van der Waals surface area contributed by atoms with Crippen LogP contribution in [0.3, 0.4) is 0 Å². The molecule has 0 radical (unpaired) electrons. The Bertz CT molecular complexity index is 1260. The van der Waals surface area contributed by atoms with Gasteiger partial charge in [-0.1, -0.05) is 60.7 Å². The Hall–Kier alpha value is -4.13. The highest BCUT2D eigenvalue weighted by molar-refractivity contribution is 6.11. The lowest BCUT2D eigenvalue weighted by Gasteiger charge is -2.23. The molecule has 1 unspecified atom stereocenters. The quantitative estimate of drug-likeness (QED) is 0.460. The number of urea groups is 1. The van der Waals surface area contributed by atoms with Gasteiger partial charge in [0.1, 0.15) is 5.54 Å². The molecule has 3 aromatic rings. The summed E-state index contributed by atoms with van der Waals surface area (Å²) < 4.78 is 11.4. The van der Waals surface area contributed by atoms with Crippen LogP contribution < -0.4 is 14.8 Å². The molecule has 0 bridgehead atoms. The molecular formula is C27H24N2O5. The van der Waals surface area contributed by atoms with Crippen molar-refractivity contribution in [2.24, 2.45) is 0 Å². The minimum atomic E-state index is -1.31. The minimum absolute atomic E-state index is 0.314. The molecule has 1 fully saturated rings. The van der Waals surface area contributed by atoms with E-state index in [4.69, 9.17) is 9.47 Å². The van der Waals surface area contributed by atoms with Crippen LogP contribution in [0.1, 0.15) is 29.3 Å². The number of imide groups is 1. The van der Waals surface area contributed by atoms with Crippen LogP contribution in [0.5, 0.6) is 11.5 Å². The highest BCUT2D eigenvalue weighted by Gasteiger charge is 2.49. The van der Waals surface area contributed by atoms with Gasteiger partial charge in [0, 0.05) is 12.0 Å². The molecular weight excluding hydrogens is 432 g/mol. The van der Waals surface area contributed by atoms with Crippen molar-refractivity contribution in [1.82, 2.24) is 10.2 Å². The van der Waals surface area contributed by atoms with Crippen molar-refractivity contribution in [3.05, 3.63) is 83.9 Å². The van der Waals surface area contributed by atoms with Crippen LogP contribution >= 0.6 is 0 Å². The molecule has 0 aliphatic carbocycles. The summed E-state index contributed by atoms with van der Waals surface area (Å²) in [6.07, 6.45) is 0.763. The fourth-order valence-corrected chi connectivity index (χ4v) is 4.22. The number of ketones is 1. The molecule has 0 spiro atoms. The molecule has 2 aliphatic rings. The molecule has 0 saturated carbocycles. The zero-order valence-corrected chi connectivity index (χ0v) is 18.7. The van der Waals surface area contributed by atoms with Gasteiger partial charge in [-0.3, -0.25) is 14.5 Å². The summed E-state index contributed by atoms with van der Waals surface area (Å²) in [6.45, 7) is 2.36. The molecule has 3 amide bonds. The summed E-state index contributed by atoms with van der Waals surface area (Å²) in [4.78, 5) is 39.9. The summed E-state index contributed by atoms with van der Waals surface area (Å²) in [5, 5.41) is 2.75. The maximum Gasteiger partial charge on any atom is 0.325 e. The molecule has 34 heavy (non-hydrogen) atoms. The lowest BCUT2D eigenvalue weighted by Crippen LogP contribution is -2.41. The van der Waals surface area contributed by atoms with E-state index in [1.165, 1.54) is 0 Å². The Balaban J connectivity index is 1.33. The van der Waals surface area contributed by atoms with E-state index in [9.17, 15) is 14.4 Å². The summed E-state index contributed by atoms with van der Waals surface area (Å²) in [5.74, 6) is 0.339. The predicted molar refractivity (Wildman–Crippen MR) is 126 cm³/mol. The molecule has 5 rings (SSSR count). The molecule has 7 nitrogen and oxygen atoms in total. The van der Waals surface area contributed by atoms with Gasteiger partial charge in [-0.2, -0.15) is 0 Å². The van der Waals surface area contributed by atoms with Crippen LogP contribution in [-0.4, -0.2) is 42.4 Å². The largest absolute Gasteiger partial charge is 0.490 e. The van der Waals surface area contributed by atoms with Crippen LogP contribution in [0.2, 0.25) is 0 Å². The van der Waals surface area contributed by atoms with Gasteiger partial charge in [0.15, 0.2) is 17.3 Å². The average Bonchev–Trinajstić information content (AvgIpc) is 3.02. The third kappa shape index (κ3) is 3.90. The lowest BCUT2D eigenvalue weighted by atomic mass is 9.91. The Morgan fingerprint density at radius 2 is 1.59 bits per heavy atom. The van der Waals surface area contributed by atoms with Crippen LogP contribution in [0.4, 0.5) is 4.79 Å². The van der Waals surface area contributed by atoms with Gasteiger partial charge in [0.2, 0.25) is 0 Å². The van der Waals surface area contributed by atoms with Crippen molar-refractivity contribution in [2.45, 2.75) is 18.9 Å². The number of carbonyl (C=O) groups is 3. The second-order valence-corrected chi connectivity index (χ2v) is 8.52. The van der Waals surface area contributed by atoms with Crippen molar-refractivity contribution in [1.29, 1.82) is 0 Å². The fraction of sp³-hybridized carbons (Fsp3) is 0.222. The maximum atomic E-state index is 13.3. The first kappa shape index (κ1) is 21.7. The second kappa shape index (κ2) is 8.67. The number of nitrogens with one attached hydrogen (secondary N) is 1. The number of rotatable bonds is 5. The van der Waals surface area contributed by atoms with Gasteiger partial charge < -0.3 is 14.8 Å². The molecule has 7 heteroatoms. The Kier molecular flexibility index (Phi) is 5.53. The number of nitrogens with zero attached hydrogens (tertiary/aromatic N) is 1. The summed E-state index contributed by atoms with van der Waals surface area (Å²) in [7, 11) is 0. The number of hydrogen-bond donors (Lipinski definition) is 1. The van der Waals surface area contributed by atoms with E-state index in [-0.39, 0.29) is 12.3 Å². The van der Waals surface area contributed by atoms with Gasteiger partial charge >= 0.3 is 6.03 Å². The molecule has 172 valence electrons. The molecule has 0 aromatic heterocycles. The van der Waals surface area contributed by atoms with Crippen molar-refractivity contribution in [3.63, 3.8) is 0 Å². The van der Waals surface area contributed by atoms with E-state index < -0.39 is 17.5 Å². The van der Waals surface area contributed by atoms with Gasteiger partial charge in [-0.05, 0) is 35.7 Å². The van der Waals surface area contributed by atoms with E-state index in [1.807, 2.05) is 42.5 Å². The molecule has 1 atom stereocenters. The zero-order valence-electron chi connectivity index (χ0n) is 18.7. The summed E-state index contributed by atoms with van der Waals surface area (Å²) >= 11 is 0. The molecule has 2 aliphatic heterocycles. The van der Waals surface area contributed by atoms with E-state index in [0.717, 1.165) is 22.4 Å². The smallest absolute Gasteiger partial charge is 0.325 e. The third-order valence-electron chi connectivity index (χ3n) is 6.22. The monoisotopic (exact) mass is 456 g/mol. The SMILES string of the molecule is CC1(c2ccc3c(c2)OCCCO3)NC(=O)N(CC(=O)c2ccc(-c3ccccc3)cc2)C1=O. The third-order valence-corrected chi connectivity index (χ3v) is 6.22. The molecule has 1 saturated heterocycles. The molecule has 3 aromatic carbocycles. The first-order valence-electron chi connectivity index (χ1n) is 11.2. The normalized spacial score (nSPS) is 19.5. The van der Waals surface area contributed by atoms with E-state index in [0.29, 0.717) is 35.8 Å². The first-order valence-corrected chi connectivity index (χ1v) is 11.2. The number of Topliss-reactive ketones (excluding diaryl/α,β-unsaturated/α-hetero) is 1. The van der Waals surface area contributed by atoms with Crippen LogP contribution in [0.25, 0.3) is 11.1 Å². The topological polar surface area (TPSA) is 84.9 Å². The number of amides is 3. The van der Waals surface area contributed by atoms with E-state index in [1.54, 1.807) is 37.3 Å². The van der Waals surface area contributed by atoms with Crippen molar-refractivity contribution in [2.75, 3.05) is 19.8 Å². The Morgan fingerprint density at radius 3 is 2.32 bits per heavy atom. The van der Waals surface area contributed by atoms with E-state index >= 15 is 0 Å². The Labute approximate surface area is 197 Å². The first-order chi connectivity index (χ1) is 16.5. The van der Waals surface area contributed by atoms with Crippen molar-refractivity contribution >= 4 is 17.7 Å². The van der Waals surface area contributed by atoms with Crippen LogP contribution in [0, 0.1) is 0 Å². The summed E-state index contributed by atoms with van der Waals surface area (Å²) in [5.41, 5.74) is 1.72. The Morgan fingerprint density at radius 1 is 0.912 bits per heavy atom. The van der Waals surface area contributed by atoms with Gasteiger partial charge in [0.25, 0.3) is 5.91 Å². The lowest BCUT2D eigenvalue weighted by molar-refractivity contribution is -0.130.